The molecule has 0 aromatic rings. The number of esters is 1. The van der Waals surface area contributed by atoms with Crippen molar-refractivity contribution in [1.82, 2.24) is 0 Å². The van der Waals surface area contributed by atoms with Crippen LogP contribution in [0.25, 0.3) is 0 Å². The Morgan fingerprint density at radius 2 is 1.86 bits per heavy atom. The van der Waals surface area contributed by atoms with Gasteiger partial charge in [-0.25, -0.2) is 4.79 Å². The first kappa shape index (κ1) is 12.7. The molecule has 0 radical (unpaired) electrons. The van der Waals surface area contributed by atoms with E-state index >= 15 is 0 Å². The van der Waals surface area contributed by atoms with Gasteiger partial charge in [-0.2, -0.15) is 0 Å². The molecule has 4 heteroatoms. The molecular formula is C10H16O4. The first-order chi connectivity index (χ1) is 6.41. The van der Waals surface area contributed by atoms with Crippen LogP contribution in [0.5, 0.6) is 0 Å². The lowest BCUT2D eigenvalue weighted by Gasteiger charge is -2.09. The maximum Gasteiger partial charge on any atom is 0.345 e. The number of aliphatic hydroxyl groups excluding tert-OH is 1. The number of rotatable bonds is 4. The van der Waals surface area contributed by atoms with E-state index in [0.29, 0.717) is 0 Å². The van der Waals surface area contributed by atoms with Crippen LogP contribution < -0.4 is 0 Å². The molecule has 0 aliphatic rings. The molecule has 0 aliphatic carbocycles. The lowest BCUT2D eigenvalue weighted by Crippen LogP contribution is -2.18. The maximum atomic E-state index is 11.3. The van der Waals surface area contributed by atoms with Crippen molar-refractivity contribution < 1.29 is 19.4 Å². The lowest BCUT2D eigenvalue weighted by atomic mass is 10.0. The summed E-state index contributed by atoms with van der Waals surface area (Å²) in [4.78, 5) is 22.4. The van der Waals surface area contributed by atoms with Gasteiger partial charge in [-0.3, -0.25) is 4.79 Å². The fraction of sp³-hybridized carbons (Fsp3) is 0.600. The third-order valence-corrected chi connectivity index (χ3v) is 1.63. The van der Waals surface area contributed by atoms with Gasteiger partial charge in [0, 0.05) is 5.92 Å². The van der Waals surface area contributed by atoms with Gasteiger partial charge in [-0.05, 0) is 13.8 Å². The molecule has 0 unspecified atom stereocenters. The standard InChI is InChI=1S/C10H16O4/c1-5-14-10(13)8(7(4)11)9(12)6(2)3/h6,12H,5H2,1-4H3/b9-8-. The monoisotopic (exact) mass is 200 g/mol. The fourth-order valence-corrected chi connectivity index (χ4v) is 0.921. The summed E-state index contributed by atoms with van der Waals surface area (Å²) in [5.74, 6) is -1.71. The second kappa shape index (κ2) is 5.42. The number of allylic oxidation sites excluding steroid dienone is 1. The van der Waals surface area contributed by atoms with Crippen LogP contribution in [0.15, 0.2) is 11.3 Å². The van der Waals surface area contributed by atoms with Gasteiger partial charge in [-0.15, -0.1) is 0 Å². The Morgan fingerprint density at radius 3 is 2.14 bits per heavy atom. The molecule has 0 aromatic heterocycles. The van der Waals surface area contributed by atoms with Gasteiger partial charge >= 0.3 is 5.97 Å². The Hall–Kier alpha value is -1.32. The molecule has 0 bridgehead atoms. The molecule has 0 atom stereocenters. The number of hydrogen-bond acceptors (Lipinski definition) is 4. The summed E-state index contributed by atoms with van der Waals surface area (Å²) < 4.78 is 4.66. The molecule has 0 heterocycles. The zero-order chi connectivity index (χ0) is 11.3. The van der Waals surface area contributed by atoms with Gasteiger partial charge < -0.3 is 9.84 Å². The van der Waals surface area contributed by atoms with Crippen LogP contribution in [0.2, 0.25) is 0 Å². The Kier molecular flexibility index (Phi) is 4.91. The summed E-state index contributed by atoms with van der Waals surface area (Å²) in [6.45, 7) is 6.43. The van der Waals surface area contributed by atoms with Crippen molar-refractivity contribution >= 4 is 11.8 Å². The van der Waals surface area contributed by atoms with Crippen LogP contribution in [0.4, 0.5) is 0 Å². The van der Waals surface area contributed by atoms with E-state index in [1.165, 1.54) is 6.92 Å². The maximum absolute atomic E-state index is 11.3. The molecule has 0 spiro atoms. The van der Waals surface area contributed by atoms with Crippen molar-refractivity contribution in [2.45, 2.75) is 27.7 Å². The largest absolute Gasteiger partial charge is 0.511 e. The average molecular weight is 200 g/mol. The molecule has 0 aliphatic heterocycles. The molecule has 14 heavy (non-hydrogen) atoms. The predicted octanol–water partition coefficient (Wildman–Crippen LogP) is 1.61. The molecule has 4 nitrogen and oxygen atoms in total. The van der Waals surface area contributed by atoms with E-state index in [-0.39, 0.29) is 23.9 Å². The molecule has 0 aromatic carbocycles. The third-order valence-electron chi connectivity index (χ3n) is 1.63. The van der Waals surface area contributed by atoms with Crippen molar-refractivity contribution in [3.63, 3.8) is 0 Å². The summed E-state index contributed by atoms with van der Waals surface area (Å²) in [5, 5.41) is 9.51. The van der Waals surface area contributed by atoms with Crippen LogP contribution in [-0.2, 0) is 14.3 Å². The summed E-state index contributed by atoms with van der Waals surface area (Å²) in [7, 11) is 0. The van der Waals surface area contributed by atoms with E-state index < -0.39 is 11.8 Å². The number of carbonyl (C=O) groups excluding carboxylic acids is 2. The third kappa shape index (κ3) is 3.20. The van der Waals surface area contributed by atoms with E-state index in [4.69, 9.17) is 0 Å². The molecule has 0 amide bonds. The molecule has 0 saturated carbocycles. The number of ether oxygens (including phenoxy) is 1. The van der Waals surface area contributed by atoms with E-state index in [1.807, 2.05) is 0 Å². The van der Waals surface area contributed by atoms with Crippen LogP contribution >= 0.6 is 0 Å². The summed E-state index contributed by atoms with van der Waals surface area (Å²) >= 11 is 0. The van der Waals surface area contributed by atoms with Gasteiger partial charge in [0.1, 0.15) is 11.3 Å². The van der Waals surface area contributed by atoms with Crippen LogP contribution in [0, 0.1) is 5.92 Å². The first-order valence-electron chi connectivity index (χ1n) is 4.53. The Bertz CT molecular complexity index is 263. The molecule has 1 N–H and O–H groups in total. The van der Waals surface area contributed by atoms with Gasteiger partial charge in [0.25, 0.3) is 0 Å². The van der Waals surface area contributed by atoms with Gasteiger partial charge in [-0.1, -0.05) is 13.8 Å². The zero-order valence-electron chi connectivity index (χ0n) is 8.96. The molecule has 80 valence electrons. The van der Waals surface area contributed by atoms with Crippen molar-refractivity contribution in [3.8, 4) is 0 Å². The number of Topliss-reactive ketones (excluding diaryl/α,β-unsaturated/α-hetero) is 1. The van der Waals surface area contributed by atoms with E-state index in [9.17, 15) is 14.7 Å². The molecule has 0 rings (SSSR count). The van der Waals surface area contributed by atoms with Crippen molar-refractivity contribution in [1.29, 1.82) is 0 Å². The van der Waals surface area contributed by atoms with Crippen molar-refractivity contribution in [2.24, 2.45) is 5.92 Å². The SMILES string of the molecule is CCOC(=O)/C(C(C)=O)=C(\O)C(C)C. The quantitative estimate of drug-likeness (QED) is 0.246. The van der Waals surface area contributed by atoms with Gasteiger partial charge in [0.15, 0.2) is 5.78 Å². The van der Waals surface area contributed by atoms with Crippen LogP contribution in [-0.4, -0.2) is 23.5 Å². The highest BCUT2D eigenvalue weighted by atomic mass is 16.5. The second-order valence-corrected chi connectivity index (χ2v) is 3.19. The van der Waals surface area contributed by atoms with Crippen LogP contribution in [0.3, 0.4) is 0 Å². The highest BCUT2D eigenvalue weighted by molar-refractivity contribution is 6.16. The smallest absolute Gasteiger partial charge is 0.345 e. The van der Waals surface area contributed by atoms with Crippen molar-refractivity contribution in [3.05, 3.63) is 11.3 Å². The minimum absolute atomic E-state index is 0.182. The van der Waals surface area contributed by atoms with E-state index in [0.717, 1.165) is 0 Å². The molecule has 0 saturated heterocycles. The van der Waals surface area contributed by atoms with Gasteiger partial charge in [0.05, 0.1) is 6.61 Å². The number of ketones is 1. The first-order valence-corrected chi connectivity index (χ1v) is 4.53. The minimum atomic E-state index is -0.758. The predicted molar refractivity (Wildman–Crippen MR) is 51.8 cm³/mol. The van der Waals surface area contributed by atoms with E-state index in [2.05, 4.69) is 4.74 Å². The normalized spacial score (nSPS) is 12.4. The number of carbonyl (C=O) groups is 2. The second-order valence-electron chi connectivity index (χ2n) is 3.19. The topological polar surface area (TPSA) is 63.6 Å². The Morgan fingerprint density at radius 1 is 1.36 bits per heavy atom. The molecule has 0 fully saturated rings. The van der Waals surface area contributed by atoms with Crippen LogP contribution in [0.1, 0.15) is 27.7 Å². The summed E-state index contributed by atoms with van der Waals surface area (Å²) in [5.41, 5.74) is -0.248. The number of hydrogen-bond donors (Lipinski definition) is 1. The average Bonchev–Trinajstić information content (AvgIpc) is 2.03. The molecular weight excluding hydrogens is 184 g/mol. The number of aliphatic hydroxyl groups is 1. The Labute approximate surface area is 83.6 Å². The minimum Gasteiger partial charge on any atom is -0.511 e. The summed E-state index contributed by atoms with van der Waals surface area (Å²) in [6, 6.07) is 0. The summed E-state index contributed by atoms with van der Waals surface area (Å²) in [6.07, 6.45) is 0. The highest BCUT2D eigenvalue weighted by Crippen LogP contribution is 2.14. The Balaban J connectivity index is 5.04. The zero-order valence-corrected chi connectivity index (χ0v) is 8.96. The van der Waals surface area contributed by atoms with E-state index in [1.54, 1.807) is 20.8 Å². The lowest BCUT2D eigenvalue weighted by molar-refractivity contribution is -0.140. The van der Waals surface area contributed by atoms with Crippen molar-refractivity contribution in [2.75, 3.05) is 6.61 Å². The van der Waals surface area contributed by atoms with Gasteiger partial charge in [0.2, 0.25) is 0 Å². The highest BCUT2D eigenvalue weighted by Gasteiger charge is 2.22. The fourth-order valence-electron chi connectivity index (χ4n) is 0.921.